The molecule has 27 heavy (non-hydrogen) atoms. The van der Waals surface area contributed by atoms with Crippen LogP contribution in [0.25, 0.3) is 5.69 Å². The fraction of sp³-hybridized carbons (Fsp3) is 0.238. The third kappa shape index (κ3) is 3.21. The van der Waals surface area contributed by atoms with Crippen LogP contribution in [0.1, 0.15) is 29.0 Å². The Hall–Kier alpha value is -2.73. The number of amides is 1. The van der Waals surface area contributed by atoms with Gasteiger partial charge in [-0.2, -0.15) is 5.10 Å². The molecule has 5 nitrogen and oxygen atoms in total. The number of anilines is 1. The first-order valence-corrected chi connectivity index (χ1v) is 9.78. The van der Waals surface area contributed by atoms with Crippen molar-refractivity contribution in [1.82, 2.24) is 9.78 Å². The molecule has 2 aromatic carbocycles. The van der Waals surface area contributed by atoms with Gasteiger partial charge >= 0.3 is 0 Å². The third-order valence-electron chi connectivity index (χ3n) is 4.74. The lowest BCUT2D eigenvalue weighted by Gasteiger charge is -2.17. The predicted octanol–water partition coefficient (Wildman–Crippen LogP) is 4.35. The summed E-state index contributed by atoms with van der Waals surface area (Å²) in [4.78, 5) is 12.7. The fourth-order valence-electron chi connectivity index (χ4n) is 3.31. The van der Waals surface area contributed by atoms with E-state index in [1.54, 1.807) is 18.9 Å². The summed E-state index contributed by atoms with van der Waals surface area (Å²) < 4.78 is 7.06. The predicted molar refractivity (Wildman–Crippen MR) is 109 cm³/mol. The third-order valence-corrected chi connectivity index (χ3v) is 6.14. The molecule has 4 rings (SSSR count). The van der Waals surface area contributed by atoms with E-state index in [1.807, 2.05) is 61.0 Å². The summed E-state index contributed by atoms with van der Waals surface area (Å²) in [5, 5.41) is 7.72. The van der Waals surface area contributed by atoms with Crippen LogP contribution in [0.3, 0.4) is 0 Å². The van der Waals surface area contributed by atoms with E-state index in [1.165, 1.54) is 5.56 Å². The molecule has 0 saturated heterocycles. The van der Waals surface area contributed by atoms with Crippen LogP contribution < -0.4 is 10.1 Å². The molecule has 1 N–H and O–H groups in total. The zero-order valence-corrected chi connectivity index (χ0v) is 16.3. The number of ether oxygens (including phenoxy) is 1. The average Bonchev–Trinajstić information content (AvgIpc) is 2.95. The molecule has 1 amide bonds. The number of hydrogen-bond acceptors (Lipinski definition) is 4. The number of nitrogens with one attached hydrogen (secondary N) is 1. The highest BCUT2D eigenvalue weighted by Gasteiger charge is 2.33. The minimum atomic E-state index is -0.161. The number of carbonyl (C=O) groups is 1. The van der Waals surface area contributed by atoms with Crippen LogP contribution >= 0.6 is 11.8 Å². The molecule has 0 bridgehead atoms. The first kappa shape index (κ1) is 17.7. The van der Waals surface area contributed by atoms with Crippen molar-refractivity contribution >= 4 is 23.5 Å². The summed E-state index contributed by atoms with van der Waals surface area (Å²) >= 11 is 1.65. The topological polar surface area (TPSA) is 56.1 Å². The largest absolute Gasteiger partial charge is 0.497 e. The van der Waals surface area contributed by atoms with Crippen LogP contribution in [0.15, 0.2) is 54.6 Å². The maximum atomic E-state index is 12.7. The van der Waals surface area contributed by atoms with E-state index in [-0.39, 0.29) is 16.4 Å². The van der Waals surface area contributed by atoms with Gasteiger partial charge in [0.1, 0.15) is 11.6 Å². The van der Waals surface area contributed by atoms with Gasteiger partial charge in [0.05, 0.1) is 29.0 Å². The number of hydrogen-bond donors (Lipinski definition) is 1. The van der Waals surface area contributed by atoms with Crippen LogP contribution in [0, 0.1) is 6.92 Å². The zero-order chi connectivity index (χ0) is 19.0. The van der Waals surface area contributed by atoms with Crippen molar-refractivity contribution in [2.45, 2.75) is 24.3 Å². The fourth-order valence-corrected chi connectivity index (χ4v) is 4.63. The molecule has 6 heteroatoms. The second-order valence-electron chi connectivity index (χ2n) is 6.52. The molecule has 2 heterocycles. The Morgan fingerprint density at radius 1 is 1.11 bits per heavy atom. The molecule has 0 fully saturated rings. The number of carbonyl (C=O) groups excluding carboxylic acids is 1. The van der Waals surface area contributed by atoms with Crippen LogP contribution in [-0.2, 0) is 4.79 Å². The molecule has 1 aliphatic rings. The summed E-state index contributed by atoms with van der Waals surface area (Å²) in [5.41, 5.74) is 4.02. The Kier molecular flexibility index (Phi) is 4.66. The molecule has 1 aliphatic heterocycles. The maximum absolute atomic E-state index is 12.7. The van der Waals surface area contributed by atoms with Gasteiger partial charge in [-0.3, -0.25) is 4.79 Å². The summed E-state index contributed by atoms with van der Waals surface area (Å²) in [6, 6.07) is 17.9. The summed E-state index contributed by atoms with van der Waals surface area (Å²) in [6.45, 7) is 3.94. The van der Waals surface area contributed by atoms with Gasteiger partial charge in [0, 0.05) is 5.56 Å². The van der Waals surface area contributed by atoms with E-state index in [4.69, 9.17) is 9.84 Å². The zero-order valence-electron chi connectivity index (χ0n) is 15.5. The highest BCUT2D eigenvalue weighted by molar-refractivity contribution is 8.01. The molecule has 0 saturated carbocycles. The van der Waals surface area contributed by atoms with Crippen LogP contribution in [0.5, 0.6) is 5.75 Å². The smallest absolute Gasteiger partial charge is 0.238 e. The molecule has 138 valence electrons. The monoisotopic (exact) mass is 379 g/mol. The van der Waals surface area contributed by atoms with Crippen molar-refractivity contribution < 1.29 is 9.53 Å². The Morgan fingerprint density at radius 3 is 2.48 bits per heavy atom. The molecular weight excluding hydrogens is 358 g/mol. The van der Waals surface area contributed by atoms with Crippen molar-refractivity contribution in [1.29, 1.82) is 0 Å². The molecule has 0 spiro atoms. The second-order valence-corrected chi connectivity index (χ2v) is 7.97. The number of aromatic nitrogens is 2. The van der Waals surface area contributed by atoms with Crippen molar-refractivity contribution in [3.8, 4) is 11.4 Å². The lowest BCUT2D eigenvalue weighted by Crippen LogP contribution is -2.22. The van der Waals surface area contributed by atoms with Crippen LogP contribution in [0.4, 0.5) is 5.82 Å². The Balaban J connectivity index is 1.87. The SMILES string of the molecule is COc1ccc(-n2nc(C)c3c2NC(=O)[C@H](C)S[C@@H]3c2ccccc2)cc1. The maximum Gasteiger partial charge on any atom is 0.238 e. The molecule has 3 aromatic rings. The number of benzene rings is 2. The minimum Gasteiger partial charge on any atom is -0.497 e. The van der Waals surface area contributed by atoms with Crippen molar-refractivity contribution in [3.63, 3.8) is 0 Å². The van der Waals surface area contributed by atoms with Gasteiger partial charge in [-0.25, -0.2) is 4.68 Å². The molecule has 0 radical (unpaired) electrons. The number of fused-ring (bicyclic) bond motifs is 1. The van der Waals surface area contributed by atoms with Crippen molar-refractivity contribution in [2.24, 2.45) is 0 Å². The molecule has 1 aromatic heterocycles. The molecule has 2 atom stereocenters. The lowest BCUT2D eigenvalue weighted by molar-refractivity contribution is -0.115. The van der Waals surface area contributed by atoms with Gasteiger partial charge in [0.25, 0.3) is 0 Å². The van der Waals surface area contributed by atoms with Crippen LogP contribution in [-0.4, -0.2) is 28.0 Å². The summed E-state index contributed by atoms with van der Waals surface area (Å²) in [6.07, 6.45) is 0. The highest BCUT2D eigenvalue weighted by Crippen LogP contribution is 2.45. The van der Waals surface area contributed by atoms with E-state index in [0.29, 0.717) is 0 Å². The Bertz CT molecular complexity index is 967. The first-order chi connectivity index (χ1) is 13.1. The van der Waals surface area contributed by atoms with E-state index in [0.717, 1.165) is 28.5 Å². The van der Waals surface area contributed by atoms with E-state index >= 15 is 0 Å². The van der Waals surface area contributed by atoms with Gasteiger partial charge < -0.3 is 10.1 Å². The van der Waals surface area contributed by atoms with Gasteiger partial charge in [0.2, 0.25) is 5.91 Å². The van der Waals surface area contributed by atoms with Crippen molar-refractivity contribution in [2.75, 3.05) is 12.4 Å². The minimum absolute atomic E-state index is 0.00524. The summed E-state index contributed by atoms with van der Waals surface area (Å²) in [5.74, 6) is 1.52. The first-order valence-electron chi connectivity index (χ1n) is 8.83. The molecule has 0 unspecified atom stereocenters. The van der Waals surface area contributed by atoms with Crippen molar-refractivity contribution in [3.05, 3.63) is 71.4 Å². The van der Waals surface area contributed by atoms with E-state index < -0.39 is 0 Å². The lowest BCUT2D eigenvalue weighted by atomic mass is 10.0. The Morgan fingerprint density at radius 2 is 1.81 bits per heavy atom. The Labute approximate surface area is 162 Å². The number of rotatable bonds is 3. The van der Waals surface area contributed by atoms with E-state index in [9.17, 15) is 4.79 Å². The molecule has 0 aliphatic carbocycles. The number of thioether (sulfide) groups is 1. The number of methoxy groups -OCH3 is 1. The van der Waals surface area contributed by atoms with Crippen LogP contribution in [0.2, 0.25) is 0 Å². The number of nitrogens with zero attached hydrogens (tertiary/aromatic N) is 2. The normalized spacial score (nSPS) is 19.1. The number of aryl methyl sites for hydroxylation is 1. The standard InChI is InChI=1S/C21H21N3O2S/c1-13-18-19(15-7-5-4-6-8-15)27-14(2)21(25)22-20(18)24(23-13)16-9-11-17(26-3)12-10-16/h4-12,14,19H,1-3H3,(H,22,25)/t14-,19+/m0/s1. The highest BCUT2D eigenvalue weighted by atomic mass is 32.2. The van der Waals surface area contributed by atoms with Gasteiger partial charge in [-0.1, -0.05) is 30.3 Å². The van der Waals surface area contributed by atoms with Gasteiger partial charge in [-0.15, -0.1) is 11.8 Å². The second kappa shape index (κ2) is 7.12. The quantitative estimate of drug-likeness (QED) is 0.735. The summed E-state index contributed by atoms with van der Waals surface area (Å²) in [7, 11) is 1.64. The average molecular weight is 379 g/mol. The van der Waals surface area contributed by atoms with Gasteiger partial charge in [-0.05, 0) is 43.7 Å². The van der Waals surface area contributed by atoms with Gasteiger partial charge in [0.15, 0.2) is 0 Å². The molecular formula is C21H21N3O2S. The van der Waals surface area contributed by atoms with E-state index in [2.05, 4.69) is 17.4 Å².